The first-order valence-corrected chi connectivity index (χ1v) is 10.5. The number of nitrogens with zero attached hydrogens (tertiary/aromatic N) is 1. The Morgan fingerprint density at radius 1 is 1.16 bits per heavy atom. The standard InChI is InChI=1S/C23H32N4O3.HI/c1-24-22(27-17-23(9-5-10-23)11-13-29-2)26-15-18-6-3-7-19(14-18)21(28)25-16-20-8-4-12-30-20;/h3-4,6-8,12,14H,5,9-11,13,15-17H2,1-2H3,(H,25,28)(H2,24,26,27);1H. The maximum absolute atomic E-state index is 12.4. The van der Waals surface area contributed by atoms with Gasteiger partial charge in [0.15, 0.2) is 5.96 Å². The fourth-order valence-electron chi connectivity index (χ4n) is 3.69. The second kappa shape index (κ2) is 12.7. The lowest BCUT2D eigenvalue weighted by Crippen LogP contribution is -2.46. The van der Waals surface area contributed by atoms with Gasteiger partial charge in [-0.15, -0.1) is 24.0 Å². The van der Waals surface area contributed by atoms with Gasteiger partial charge in [0.25, 0.3) is 5.91 Å². The normalized spacial score (nSPS) is 14.8. The molecule has 3 rings (SSSR count). The van der Waals surface area contributed by atoms with Gasteiger partial charge in [-0.3, -0.25) is 9.79 Å². The predicted molar refractivity (Wildman–Crippen MR) is 133 cm³/mol. The molecule has 0 unspecified atom stereocenters. The highest BCUT2D eigenvalue weighted by atomic mass is 127. The summed E-state index contributed by atoms with van der Waals surface area (Å²) >= 11 is 0. The molecule has 0 aliphatic heterocycles. The molecule has 1 fully saturated rings. The molecular weight excluding hydrogens is 507 g/mol. The van der Waals surface area contributed by atoms with Gasteiger partial charge in [0, 0.05) is 39.4 Å². The van der Waals surface area contributed by atoms with Crippen molar-refractivity contribution in [3.05, 3.63) is 59.5 Å². The lowest BCUT2D eigenvalue weighted by Gasteiger charge is -2.42. The number of benzene rings is 1. The molecule has 0 spiro atoms. The number of nitrogens with one attached hydrogen (secondary N) is 3. The van der Waals surface area contributed by atoms with Crippen LogP contribution in [-0.2, 0) is 17.8 Å². The predicted octanol–water partition coefficient (Wildman–Crippen LogP) is 3.70. The topological polar surface area (TPSA) is 87.9 Å². The number of rotatable bonds is 10. The van der Waals surface area contributed by atoms with Crippen LogP contribution in [0, 0.1) is 5.41 Å². The molecule has 1 heterocycles. The van der Waals surface area contributed by atoms with E-state index in [1.807, 2.05) is 30.3 Å². The molecule has 0 saturated heterocycles. The Hall–Kier alpha value is -2.07. The molecule has 1 aliphatic rings. The van der Waals surface area contributed by atoms with Crippen LogP contribution in [0.4, 0.5) is 0 Å². The number of guanidine groups is 1. The summed E-state index contributed by atoms with van der Waals surface area (Å²) in [5, 5.41) is 9.67. The fraction of sp³-hybridized carbons (Fsp3) is 0.478. The van der Waals surface area contributed by atoms with Crippen LogP contribution in [0.2, 0.25) is 0 Å². The summed E-state index contributed by atoms with van der Waals surface area (Å²) in [6.07, 6.45) is 6.42. The van der Waals surface area contributed by atoms with Gasteiger partial charge >= 0.3 is 0 Å². The molecule has 1 aromatic carbocycles. The number of aliphatic imine (C=N–C) groups is 1. The number of halogens is 1. The summed E-state index contributed by atoms with van der Waals surface area (Å²) in [5.41, 5.74) is 1.96. The Labute approximate surface area is 201 Å². The van der Waals surface area contributed by atoms with Gasteiger partial charge < -0.3 is 25.1 Å². The molecule has 0 radical (unpaired) electrons. The summed E-state index contributed by atoms with van der Waals surface area (Å²) in [4.78, 5) is 16.7. The lowest BCUT2D eigenvalue weighted by molar-refractivity contribution is 0.0732. The molecule has 0 bridgehead atoms. The van der Waals surface area contributed by atoms with E-state index >= 15 is 0 Å². The highest BCUT2D eigenvalue weighted by Gasteiger charge is 2.36. The summed E-state index contributed by atoms with van der Waals surface area (Å²) < 4.78 is 10.5. The summed E-state index contributed by atoms with van der Waals surface area (Å²) in [6.45, 7) is 2.65. The Morgan fingerprint density at radius 3 is 2.65 bits per heavy atom. The van der Waals surface area contributed by atoms with Crippen molar-refractivity contribution in [3.8, 4) is 0 Å². The molecular formula is C23H33IN4O3. The molecule has 31 heavy (non-hydrogen) atoms. The number of amides is 1. The monoisotopic (exact) mass is 540 g/mol. The molecule has 1 saturated carbocycles. The number of methoxy groups -OCH3 is 1. The molecule has 7 nitrogen and oxygen atoms in total. The highest BCUT2D eigenvalue weighted by molar-refractivity contribution is 14.0. The van der Waals surface area contributed by atoms with E-state index in [0.29, 0.717) is 24.1 Å². The van der Waals surface area contributed by atoms with E-state index < -0.39 is 0 Å². The smallest absolute Gasteiger partial charge is 0.251 e. The average molecular weight is 540 g/mol. The third-order valence-electron chi connectivity index (χ3n) is 5.76. The van der Waals surface area contributed by atoms with E-state index in [-0.39, 0.29) is 29.9 Å². The summed E-state index contributed by atoms with van der Waals surface area (Å²) in [6, 6.07) is 11.2. The summed E-state index contributed by atoms with van der Waals surface area (Å²) in [7, 11) is 3.53. The van der Waals surface area contributed by atoms with Crippen molar-refractivity contribution in [2.75, 3.05) is 27.3 Å². The third kappa shape index (κ3) is 7.53. The lowest BCUT2D eigenvalue weighted by atomic mass is 9.67. The van der Waals surface area contributed by atoms with E-state index in [0.717, 1.165) is 36.9 Å². The van der Waals surface area contributed by atoms with Gasteiger partial charge in [0.2, 0.25) is 0 Å². The second-order valence-corrected chi connectivity index (χ2v) is 7.84. The number of hydrogen-bond donors (Lipinski definition) is 3. The highest BCUT2D eigenvalue weighted by Crippen LogP contribution is 2.43. The van der Waals surface area contributed by atoms with Gasteiger partial charge in [-0.2, -0.15) is 0 Å². The van der Waals surface area contributed by atoms with E-state index in [1.54, 1.807) is 26.5 Å². The van der Waals surface area contributed by atoms with Gasteiger partial charge in [-0.1, -0.05) is 18.6 Å². The van der Waals surface area contributed by atoms with Gasteiger partial charge in [0.05, 0.1) is 12.8 Å². The SMILES string of the molecule is CN=C(NCc1cccc(C(=O)NCc2ccco2)c1)NCC1(CCOC)CCC1.I. The van der Waals surface area contributed by atoms with Crippen molar-refractivity contribution >= 4 is 35.8 Å². The molecule has 3 N–H and O–H groups in total. The van der Waals surface area contributed by atoms with E-state index in [2.05, 4.69) is 20.9 Å². The first kappa shape index (κ1) is 25.2. The fourth-order valence-corrected chi connectivity index (χ4v) is 3.69. The third-order valence-corrected chi connectivity index (χ3v) is 5.76. The zero-order chi connectivity index (χ0) is 21.2. The number of hydrogen-bond acceptors (Lipinski definition) is 4. The van der Waals surface area contributed by atoms with Crippen LogP contribution in [0.1, 0.15) is 47.4 Å². The Kier molecular flexibility index (Phi) is 10.3. The Bertz CT molecular complexity index is 835. The maximum atomic E-state index is 12.4. The zero-order valence-corrected chi connectivity index (χ0v) is 20.6. The largest absolute Gasteiger partial charge is 0.467 e. The molecule has 1 aromatic heterocycles. The van der Waals surface area contributed by atoms with Crippen molar-refractivity contribution in [3.63, 3.8) is 0 Å². The molecule has 1 amide bonds. The number of carbonyl (C=O) groups is 1. The van der Waals surface area contributed by atoms with Crippen molar-refractivity contribution in [1.29, 1.82) is 0 Å². The molecule has 0 atom stereocenters. The first-order valence-electron chi connectivity index (χ1n) is 10.5. The zero-order valence-electron chi connectivity index (χ0n) is 18.3. The quantitative estimate of drug-likeness (QED) is 0.243. The maximum Gasteiger partial charge on any atom is 0.251 e. The second-order valence-electron chi connectivity index (χ2n) is 7.84. The van der Waals surface area contributed by atoms with Crippen LogP contribution in [0.25, 0.3) is 0 Å². The van der Waals surface area contributed by atoms with E-state index in [4.69, 9.17) is 9.15 Å². The average Bonchev–Trinajstić information content (AvgIpc) is 3.27. The van der Waals surface area contributed by atoms with Crippen molar-refractivity contribution in [1.82, 2.24) is 16.0 Å². The summed E-state index contributed by atoms with van der Waals surface area (Å²) in [5.74, 6) is 1.37. The number of furan rings is 1. The van der Waals surface area contributed by atoms with Gasteiger partial charge in [-0.25, -0.2) is 0 Å². The number of carbonyl (C=O) groups excluding carboxylic acids is 1. The number of ether oxygens (including phenoxy) is 1. The minimum Gasteiger partial charge on any atom is -0.467 e. The Balaban J connectivity index is 0.00000341. The first-order chi connectivity index (χ1) is 14.6. The molecule has 1 aliphatic carbocycles. The van der Waals surface area contributed by atoms with Crippen molar-refractivity contribution in [2.24, 2.45) is 10.4 Å². The van der Waals surface area contributed by atoms with Crippen molar-refractivity contribution < 1.29 is 13.9 Å². The van der Waals surface area contributed by atoms with Crippen LogP contribution in [0.3, 0.4) is 0 Å². The molecule has 2 aromatic rings. The van der Waals surface area contributed by atoms with E-state index in [9.17, 15) is 4.79 Å². The van der Waals surface area contributed by atoms with Crippen LogP contribution < -0.4 is 16.0 Å². The van der Waals surface area contributed by atoms with Gasteiger partial charge in [0.1, 0.15) is 5.76 Å². The van der Waals surface area contributed by atoms with Crippen LogP contribution in [0.15, 0.2) is 52.1 Å². The minimum atomic E-state index is -0.124. The van der Waals surface area contributed by atoms with Crippen LogP contribution in [0.5, 0.6) is 0 Å². The van der Waals surface area contributed by atoms with E-state index in [1.165, 1.54) is 19.3 Å². The molecule has 8 heteroatoms. The minimum absolute atomic E-state index is 0. The molecule has 170 valence electrons. The van der Waals surface area contributed by atoms with Gasteiger partial charge in [-0.05, 0) is 54.5 Å². The van der Waals surface area contributed by atoms with Crippen LogP contribution in [-0.4, -0.2) is 39.2 Å². The van der Waals surface area contributed by atoms with Crippen LogP contribution >= 0.6 is 24.0 Å². The Morgan fingerprint density at radius 2 is 2.00 bits per heavy atom. The van der Waals surface area contributed by atoms with Crippen molar-refractivity contribution in [2.45, 2.75) is 38.8 Å².